The first kappa shape index (κ1) is 15.7. The van der Waals surface area contributed by atoms with E-state index in [1.165, 1.54) is 13.2 Å². The topological polar surface area (TPSA) is 50.8 Å². The number of ether oxygens (including phenoxy) is 2. The molecule has 2 atom stereocenters. The fourth-order valence-corrected chi connectivity index (χ4v) is 2.58. The van der Waals surface area contributed by atoms with Gasteiger partial charge in [-0.15, -0.1) is 0 Å². The number of nitrogens with zero attached hydrogens (tertiary/aromatic N) is 1. The van der Waals surface area contributed by atoms with Crippen LogP contribution >= 0.6 is 0 Å². The van der Waals surface area contributed by atoms with E-state index in [1.807, 2.05) is 6.92 Å². The van der Waals surface area contributed by atoms with Crippen LogP contribution in [0.25, 0.3) is 0 Å². The highest BCUT2D eigenvalue weighted by Crippen LogP contribution is 2.28. The van der Waals surface area contributed by atoms with Crippen LogP contribution in [0.1, 0.15) is 25.1 Å². The zero-order valence-corrected chi connectivity index (χ0v) is 12.6. The summed E-state index contributed by atoms with van der Waals surface area (Å²) in [6.07, 6.45) is 0.420. The number of carbonyl (C=O) groups is 1. The number of amides is 1. The van der Waals surface area contributed by atoms with Crippen LogP contribution in [0, 0.1) is 5.82 Å². The molecule has 1 fully saturated rings. The lowest BCUT2D eigenvalue weighted by Gasteiger charge is -2.30. The maximum atomic E-state index is 13.9. The predicted octanol–water partition coefficient (Wildman–Crippen LogP) is 1.69. The van der Waals surface area contributed by atoms with Crippen molar-refractivity contribution < 1.29 is 18.7 Å². The van der Waals surface area contributed by atoms with E-state index in [2.05, 4.69) is 5.32 Å². The monoisotopic (exact) mass is 296 g/mol. The highest BCUT2D eigenvalue weighted by Gasteiger charge is 2.35. The van der Waals surface area contributed by atoms with E-state index in [-0.39, 0.29) is 30.4 Å². The number of hydrogen-bond acceptors (Lipinski definition) is 4. The molecule has 0 spiro atoms. The minimum absolute atomic E-state index is 0.0137. The summed E-state index contributed by atoms with van der Waals surface area (Å²) in [7, 11) is 3.06. The van der Waals surface area contributed by atoms with Crippen molar-refractivity contribution in [1.29, 1.82) is 0 Å². The van der Waals surface area contributed by atoms with Gasteiger partial charge in [0.25, 0.3) is 0 Å². The smallest absolute Gasteiger partial charge is 0.238 e. The van der Waals surface area contributed by atoms with E-state index in [0.29, 0.717) is 12.2 Å². The van der Waals surface area contributed by atoms with Crippen LogP contribution < -0.4 is 10.1 Å². The van der Waals surface area contributed by atoms with Crippen LogP contribution in [0.2, 0.25) is 0 Å². The largest absolute Gasteiger partial charge is 0.494 e. The SMILES string of the molecule is COCCC(C)N1C(=O)CNC1c1ccc(OC)c(F)c1. The molecule has 1 saturated heterocycles. The Kier molecular flexibility index (Phi) is 5.14. The molecule has 21 heavy (non-hydrogen) atoms. The molecular formula is C15H21FN2O3. The third-order valence-electron chi connectivity index (χ3n) is 3.72. The van der Waals surface area contributed by atoms with Gasteiger partial charge < -0.3 is 14.4 Å². The number of nitrogens with one attached hydrogen (secondary N) is 1. The molecule has 1 N–H and O–H groups in total. The third-order valence-corrected chi connectivity index (χ3v) is 3.72. The molecule has 0 saturated carbocycles. The number of methoxy groups -OCH3 is 2. The molecule has 0 aliphatic carbocycles. The molecule has 2 unspecified atom stereocenters. The molecule has 1 aliphatic heterocycles. The van der Waals surface area contributed by atoms with Crippen molar-refractivity contribution in [2.24, 2.45) is 0 Å². The summed E-state index contributed by atoms with van der Waals surface area (Å²) in [4.78, 5) is 13.8. The number of hydrogen-bond donors (Lipinski definition) is 1. The van der Waals surface area contributed by atoms with Gasteiger partial charge in [0.05, 0.1) is 13.7 Å². The molecule has 6 heteroatoms. The van der Waals surface area contributed by atoms with Gasteiger partial charge in [0.1, 0.15) is 6.17 Å². The Balaban J connectivity index is 2.20. The standard InChI is InChI=1S/C15H21FN2O3/c1-10(6-7-20-2)18-14(19)9-17-15(18)11-4-5-13(21-3)12(16)8-11/h4-5,8,10,15,17H,6-7,9H2,1-3H3. The molecule has 1 heterocycles. The van der Waals surface area contributed by atoms with E-state index in [0.717, 1.165) is 6.42 Å². The predicted molar refractivity (Wildman–Crippen MR) is 76.5 cm³/mol. The van der Waals surface area contributed by atoms with Gasteiger partial charge in [0, 0.05) is 19.8 Å². The third kappa shape index (κ3) is 3.33. The molecular weight excluding hydrogens is 275 g/mol. The van der Waals surface area contributed by atoms with E-state index >= 15 is 0 Å². The second kappa shape index (κ2) is 6.87. The summed E-state index contributed by atoms with van der Waals surface area (Å²) in [6, 6.07) is 4.77. The maximum Gasteiger partial charge on any atom is 0.238 e. The Morgan fingerprint density at radius 3 is 2.86 bits per heavy atom. The lowest BCUT2D eigenvalue weighted by molar-refractivity contribution is -0.130. The Labute approximate surface area is 124 Å². The molecule has 5 nitrogen and oxygen atoms in total. The molecule has 1 aromatic carbocycles. The summed E-state index contributed by atoms with van der Waals surface area (Å²) >= 11 is 0. The highest BCUT2D eigenvalue weighted by molar-refractivity contribution is 5.81. The second-order valence-electron chi connectivity index (χ2n) is 5.11. The first-order valence-corrected chi connectivity index (χ1v) is 6.95. The maximum absolute atomic E-state index is 13.9. The summed E-state index contributed by atoms with van der Waals surface area (Å²) in [5, 5.41) is 3.12. The van der Waals surface area contributed by atoms with Crippen molar-refractivity contribution >= 4 is 5.91 Å². The summed E-state index contributed by atoms with van der Waals surface area (Å²) in [5.41, 5.74) is 0.711. The van der Waals surface area contributed by atoms with Gasteiger partial charge in [0.2, 0.25) is 5.91 Å². The van der Waals surface area contributed by atoms with Crippen molar-refractivity contribution in [2.75, 3.05) is 27.4 Å². The van der Waals surface area contributed by atoms with Crippen LogP contribution in [-0.4, -0.2) is 44.2 Å². The Morgan fingerprint density at radius 1 is 1.48 bits per heavy atom. The number of benzene rings is 1. The lowest BCUT2D eigenvalue weighted by Crippen LogP contribution is -2.38. The zero-order chi connectivity index (χ0) is 15.4. The van der Waals surface area contributed by atoms with Crippen molar-refractivity contribution in [3.8, 4) is 5.75 Å². The molecule has 2 rings (SSSR count). The quantitative estimate of drug-likeness (QED) is 0.868. The first-order valence-electron chi connectivity index (χ1n) is 6.95. The van der Waals surface area contributed by atoms with Crippen molar-refractivity contribution in [3.05, 3.63) is 29.6 Å². The van der Waals surface area contributed by atoms with Gasteiger partial charge in [-0.2, -0.15) is 0 Å². The van der Waals surface area contributed by atoms with Crippen molar-refractivity contribution in [1.82, 2.24) is 10.2 Å². The average molecular weight is 296 g/mol. The van der Waals surface area contributed by atoms with Crippen LogP contribution in [0.4, 0.5) is 4.39 Å². The average Bonchev–Trinajstić information content (AvgIpc) is 2.86. The van der Waals surface area contributed by atoms with Gasteiger partial charge in [-0.1, -0.05) is 6.07 Å². The van der Waals surface area contributed by atoms with Gasteiger partial charge in [-0.05, 0) is 31.0 Å². The van der Waals surface area contributed by atoms with Crippen LogP contribution in [0.3, 0.4) is 0 Å². The molecule has 0 bridgehead atoms. The number of rotatable bonds is 6. The zero-order valence-electron chi connectivity index (χ0n) is 12.6. The molecule has 1 amide bonds. The van der Waals surface area contributed by atoms with Gasteiger partial charge >= 0.3 is 0 Å². The number of carbonyl (C=O) groups excluding carboxylic acids is 1. The first-order chi connectivity index (χ1) is 10.1. The van der Waals surface area contributed by atoms with E-state index in [1.54, 1.807) is 24.1 Å². The lowest BCUT2D eigenvalue weighted by atomic mass is 10.1. The van der Waals surface area contributed by atoms with Gasteiger partial charge in [-0.25, -0.2) is 4.39 Å². The fraction of sp³-hybridized carbons (Fsp3) is 0.533. The van der Waals surface area contributed by atoms with E-state index in [4.69, 9.17) is 9.47 Å². The normalized spacial score (nSPS) is 19.9. The van der Waals surface area contributed by atoms with E-state index in [9.17, 15) is 9.18 Å². The number of halogens is 1. The van der Waals surface area contributed by atoms with Crippen molar-refractivity contribution in [3.63, 3.8) is 0 Å². The second-order valence-corrected chi connectivity index (χ2v) is 5.11. The molecule has 1 aromatic rings. The summed E-state index contributed by atoms with van der Waals surface area (Å²) in [5.74, 6) is -0.220. The van der Waals surface area contributed by atoms with Gasteiger partial charge in [0.15, 0.2) is 11.6 Å². The molecule has 0 aromatic heterocycles. The minimum atomic E-state index is -0.430. The summed E-state index contributed by atoms with van der Waals surface area (Å²) < 4.78 is 23.8. The van der Waals surface area contributed by atoms with Crippen LogP contribution in [0.5, 0.6) is 5.75 Å². The van der Waals surface area contributed by atoms with Gasteiger partial charge in [-0.3, -0.25) is 10.1 Å². The Morgan fingerprint density at radius 2 is 2.24 bits per heavy atom. The van der Waals surface area contributed by atoms with Crippen molar-refractivity contribution in [2.45, 2.75) is 25.6 Å². The van der Waals surface area contributed by atoms with E-state index < -0.39 is 5.82 Å². The highest BCUT2D eigenvalue weighted by atomic mass is 19.1. The molecule has 1 aliphatic rings. The Bertz CT molecular complexity index is 510. The van der Waals surface area contributed by atoms with Crippen LogP contribution in [0.15, 0.2) is 18.2 Å². The molecule has 116 valence electrons. The minimum Gasteiger partial charge on any atom is -0.494 e. The molecule has 0 radical (unpaired) electrons. The Hall–Kier alpha value is -1.66. The summed E-state index contributed by atoms with van der Waals surface area (Å²) in [6.45, 7) is 2.81. The fourth-order valence-electron chi connectivity index (χ4n) is 2.58. The van der Waals surface area contributed by atoms with Crippen LogP contribution in [-0.2, 0) is 9.53 Å².